The maximum absolute atomic E-state index is 11.3. The molecule has 0 bridgehead atoms. The van der Waals surface area contributed by atoms with Crippen molar-refractivity contribution in [1.29, 1.82) is 0 Å². The highest BCUT2D eigenvalue weighted by Crippen LogP contribution is 2.46. The summed E-state index contributed by atoms with van der Waals surface area (Å²) in [6.07, 6.45) is 0. The van der Waals surface area contributed by atoms with E-state index in [1.165, 1.54) is 0 Å². The van der Waals surface area contributed by atoms with Crippen molar-refractivity contribution in [1.82, 2.24) is 0 Å². The third-order valence-corrected chi connectivity index (χ3v) is 2.66. The summed E-state index contributed by atoms with van der Waals surface area (Å²) in [7, 11) is 0. The summed E-state index contributed by atoms with van der Waals surface area (Å²) >= 11 is 0. The monoisotopic (exact) mass is 331 g/mol. The van der Waals surface area contributed by atoms with Crippen molar-refractivity contribution in [3.05, 3.63) is 36.4 Å². The molecule has 0 atom stereocenters. The number of aliphatic hydroxyl groups is 2. The first-order valence-electron chi connectivity index (χ1n) is 6.18. The zero-order valence-electron chi connectivity index (χ0n) is 11.6. The molecular formula is C10H13N5O8. The zero-order valence-corrected chi connectivity index (χ0v) is 11.6. The standard InChI is InChI=1S/C10H13N5O8/c16-3-1-11-8-6(13(18)19)5-7(14(20)21)9(12-2-4-17)10(8)15(22)23/h5,11-12,16-17H,1-4H2. The van der Waals surface area contributed by atoms with Gasteiger partial charge in [0.25, 0.3) is 0 Å². The number of nitrogens with zero attached hydrogens (tertiary/aromatic N) is 3. The number of hydrogen-bond donors (Lipinski definition) is 4. The predicted octanol–water partition coefficient (Wildman–Crippen LogP) is 0.220. The Hall–Kier alpha value is -3.06. The first-order valence-corrected chi connectivity index (χ1v) is 6.18. The topological polar surface area (TPSA) is 194 Å². The molecule has 23 heavy (non-hydrogen) atoms. The van der Waals surface area contributed by atoms with Gasteiger partial charge in [-0.25, -0.2) is 0 Å². The van der Waals surface area contributed by atoms with Crippen LogP contribution in [0, 0.1) is 30.3 Å². The molecule has 13 heteroatoms. The molecule has 4 N–H and O–H groups in total. The van der Waals surface area contributed by atoms with Crippen molar-refractivity contribution in [3.63, 3.8) is 0 Å². The minimum absolute atomic E-state index is 0.237. The van der Waals surface area contributed by atoms with Gasteiger partial charge in [0.15, 0.2) is 11.4 Å². The summed E-state index contributed by atoms with van der Waals surface area (Å²) in [6, 6.07) is 0.576. The molecule has 126 valence electrons. The van der Waals surface area contributed by atoms with Crippen LogP contribution in [0.25, 0.3) is 0 Å². The molecule has 0 radical (unpaired) electrons. The second kappa shape index (κ2) is 7.81. The summed E-state index contributed by atoms with van der Waals surface area (Å²) in [5, 5.41) is 55.6. The van der Waals surface area contributed by atoms with E-state index in [1.807, 2.05) is 0 Å². The van der Waals surface area contributed by atoms with E-state index in [0.29, 0.717) is 6.07 Å². The number of aliphatic hydroxyl groups excluding tert-OH is 2. The van der Waals surface area contributed by atoms with E-state index in [0.717, 1.165) is 0 Å². The van der Waals surface area contributed by atoms with Crippen molar-refractivity contribution in [2.75, 3.05) is 36.9 Å². The quantitative estimate of drug-likeness (QED) is 0.359. The molecule has 0 aliphatic rings. The Labute approximate surface area is 128 Å². The Balaban J connectivity index is 3.72. The van der Waals surface area contributed by atoms with Gasteiger partial charge in [-0.05, 0) is 0 Å². The Morgan fingerprint density at radius 3 is 1.48 bits per heavy atom. The third-order valence-electron chi connectivity index (χ3n) is 2.66. The van der Waals surface area contributed by atoms with Crippen LogP contribution in [-0.4, -0.2) is 51.3 Å². The lowest BCUT2D eigenvalue weighted by Gasteiger charge is -2.11. The SMILES string of the molecule is O=[N+]([O-])c1cc([N+](=O)[O-])c(NCCO)c([N+](=O)[O-])c1NCCO. The van der Waals surface area contributed by atoms with Crippen molar-refractivity contribution in [2.24, 2.45) is 0 Å². The molecule has 0 spiro atoms. The number of rotatable bonds is 9. The molecule has 0 aliphatic heterocycles. The van der Waals surface area contributed by atoms with Crippen LogP contribution >= 0.6 is 0 Å². The lowest BCUT2D eigenvalue weighted by atomic mass is 10.1. The van der Waals surface area contributed by atoms with Gasteiger partial charge in [-0.1, -0.05) is 0 Å². The van der Waals surface area contributed by atoms with Crippen LogP contribution in [0.1, 0.15) is 0 Å². The van der Waals surface area contributed by atoms with Crippen molar-refractivity contribution >= 4 is 28.4 Å². The van der Waals surface area contributed by atoms with Crippen LogP contribution in [0.15, 0.2) is 6.07 Å². The maximum atomic E-state index is 11.3. The molecule has 0 unspecified atom stereocenters. The first-order chi connectivity index (χ1) is 10.8. The number of anilines is 2. The minimum atomic E-state index is -1.01. The van der Waals surface area contributed by atoms with Crippen LogP contribution in [0.4, 0.5) is 28.4 Å². The molecule has 0 aromatic heterocycles. The molecule has 13 nitrogen and oxygen atoms in total. The van der Waals surface area contributed by atoms with E-state index >= 15 is 0 Å². The van der Waals surface area contributed by atoms with Crippen molar-refractivity contribution in [3.8, 4) is 0 Å². The van der Waals surface area contributed by atoms with Gasteiger partial charge in [0.1, 0.15) is 0 Å². The lowest BCUT2D eigenvalue weighted by molar-refractivity contribution is -0.400. The normalized spacial score (nSPS) is 10.2. The highest BCUT2D eigenvalue weighted by Gasteiger charge is 2.36. The molecule has 0 amide bonds. The fourth-order valence-corrected chi connectivity index (χ4v) is 1.82. The van der Waals surface area contributed by atoms with Crippen LogP contribution in [0.3, 0.4) is 0 Å². The highest BCUT2D eigenvalue weighted by molar-refractivity contribution is 5.90. The summed E-state index contributed by atoms with van der Waals surface area (Å²) in [4.78, 5) is 30.4. The average Bonchev–Trinajstić information content (AvgIpc) is 2.48. The van der Waals surface area contributed by atoms with Crippen LogP contribution in [0.5, 0.6) is 0 Å². The van der Waals surface area contributed by atoms with Crippen LogP contribution in [-0.2, 0) is 0 Å². The van der Waals surface area contributed by atoms with Gasteiger partial charge >= 0.3 is 17.1 Å². The largest absolute Gasteiger partial charge is 0.395 e. The molecule has 1 rings (SSSR count). The van der Waals surface area contributed by atoms with Gasteiger partial charge in [0.05, 0.1) is 34.1 Å². The van der Waals surface area contributed by atoms with Crippen molar-refractivity contribution < 1.29 is 25.0 Å². The first kappa shape index (κ1) is 18.0. The Morgan fingerprint density at radius 1 is 0.826 bits per heavy atom. The van der Waals surface area contributed by atoms with Gasteiger partial charge in [0, 0.05) is 13.1 Å². The van der Waals surface area contributed by atoms with Gasteiger partial charge in [-0.2, -0.15) is 0 Å². The smallest absolute Gasteiger partial charge is 0.329 e. The number of nitro groups is 3. The van der Waals surface area contributed by atoms with Gasteiger partial charge in [-0.3, -0.25) is 30.3 Å². The number of benzene rings is 1. The molecule has 0 aliphatic carbocycles. The van der Waals surface area contributed by atoms with E-state index in [1.54, 1.807) is 0 Å². The van der Waals surface area contributed by atoms with Crippen LogP contribution in [0.2, 0.25) is 0 Å². The summed E-state index contributed by atoms with van der Waals surface area (Å²) in [5.74, 6) is 0. The number of nitrogens with one attached hydrogen (secondary N) is 2. The van der Waals surface area contributed by atoms with Gasteiger partial charge < -0.3 is 20.8 Å². The van der Waals surface area contributed by atoms with E-state index in [2.05, 4.69) is 10.6 Å². The molecule has 0 heterocycles. The third kappa shape index (κ3) is 3.98. The summed E-state index contributed by atoms with van der Waals surface area (Å²) < 4.78 is 0. The second-order valence-corrected chi connectivity index (χ2v) is 4.09. The molecule has 0 saturated carbocycles. The maximum Gasteiger partial charge on any atom is 0.329 e. The van der Waals surface area contributed by atoms with E-state index in [4.69, 9.17) is 10.2 Å². The average molecular weight is 331 g/mol. The van der Waals surface area contributed by atoms with Gasteiger partial charge in [0.2, 0.25) is 0 Å². The summed E-state index contributed by atoms with van der Waals surface area (Å²) in [6.45, 7) is -1.41. The molecule has 0 saturated heterocycles. The summed E-state index contributed by atoms with van der Waals surface area (Å²) in [5.41, 5.74) is -3.79. The van der Waals surface area contributed by atoms with E-state index < -0.39 is 56.4 Å². The van der Waals surface area contributed by atoms with Crippen LogP contribution < -0.4 is 10.6 Å². The highest BCUT2D eigenvalue weighted by atomic mass is 16.6. The van der Waals surface area contributed by atoms with E-state index in [9.17, 15) is 30.3 Å². The Bertz CT molecular complexity index is 590. The molecule has 0 fully saturated rings. The fraction of sp³-hybridized carbons (Fsp3) is 0.400. The van der Waals surface area contributed by atoms with E-state index in [-0.39, 0.29) is 13.1 Å². The second-order valence-electron chi connectivity index (χ2n) is 4.09. The van der Waals surface area contributed by atoms with Crippen molar-refractivity contribution in [2.45, 2.75) is 0 Å². The number of nitro benzene ring substituents is 3. The predicted molar refractivity (Wildman–Crippen MR) is 77.6 cm³/mol. The van der Waals surface area contributed by atoms with Gasteiger partial charge in [-0.15, -0.1) is 0 Å². The Kier molecular flexibility index (Phi) is 6.11. The minimum Gasteiger partial charge on any atom is -0.395 e. The fourth-order valence-electron chi connectivity index (χ4n) is 1.82. The lowest BCUT2D eigenvalue weighted by Crippen LogP contribution is -2.14. The number of hydrogen-bond acceptors (Lipinski definition) is 10. The zero-order chi connectivity index (χ0) is 17.6. The molecule has 1 aromatic rings. The molecule has 1 aromatic carbocycles. The molecular weight excluding hydrogens is 318 g/mol. The Morgan fingerprint density at radius 2 is 1.22 bits per heavy atom.